The first-order valence-corrected chi connectivity index (χ1v) is 6.82. The molecule has 0 aliphatic heterocycles. The molecule has 5 nitrogen and oxygen atoms in total. The van der Waals surface area contributed by atoms with Crippen LogP contribution in [0.4, 0.5) is 5.82 Å². The molecule has 1 heterocycles. The van der Waals surface area contributed by atoms with Crippen LogP contribution in [0.15, 0.2) is 24.3 Å². The van der Waals surface area contributed by atoms with E-state index < -0.39 is 11.9 Å². The summed E-state index contributed by atoms with van der Waals surface area (Å²) in [5.74, 6) is -0.529. The summed E-state index contributed by atoms with van der Waals surface area (Å²) in [7, 11) is 0. The Bertz CT molecular complexity index is 613. The van der Waals surface area contributed by atoms with Gasteiger partial charge in [0.2, 0.25) is 0 Å². The Kier molecular flexibility index (Phi) is 4.50. The van der Waals surface area contributed by atoms with Crippen LogP contribution in [0.1, 0.15) is 25.5 Å². The fourth-order valence-corrected chi connectivity index (χ4v) is 2.25. The number of nitrogens with one attached hydrogen (secondary N) is 1. The Balaban J connectivity index is 2.22. The van der Waals surface area contributed by atoms with E-state index in [0.717, 1.165) is 22.9 Å². The summed E-state index contributed by atoms with van der Waals surface area (Å²) in [5, 5.41) is 22.6. The zero-order valence-electron chi connectivity index (χ0n) is 11.8. The normalized spacial score (nSPS) is 12.3. The number of rotatable bonds is 6. The van der Waals surface area contributed by atoms with Crippen LogP contribution in [0.2, 0.25) is 0 Å². The van der Waals surface area contributed by atoms with Crippen LogP contribution >= 0.6 is 0 Å². The van der Waals surface area contributed by atoms with E-state index >= 15 is 0 Å². The number of carboxylic acids is 1. The lowest BCUT2D eigenvalue weighted by atomic mass is 10.0. The summed E-state index contributed by atoms with van der Waals surface area (Å²) in [5.41, 5.74) is 0.870. The van der Waals surface area contributed by atoms with Crippen LogP contribution in [-0.2, 0) is 4.79 Å². The predicted octanol–water partition coefficient (Wildman–Crippen LogP) is 2.85. The number of anilines is 1. The average molecular weight is 273 g/mol. The molecule has 1 unspecified atom stereocenters. The minimum absolute atomic E-state index is 0.366. The molecule has 2 rings (SSSR count). The van der Waals surface area contributed by atoms with Crippen molar-refractivity contribution < 1.29 is 9.90 Å². The Labute approximate surface area is 118 Å². The lowest BCUT2D eigenvalue weighted by Crippen LogP contribution is -2.23. The molecule has 20 heavy (non-hydrogen) atoms. The molecule has 1 aromatic carbocycles. The first-order valence-electron chi connectivity index (χ1n) is 6.82. The van der Waals surface area contributed by atoms with Crippen molar-refractivity contribution in [2.24, 2.45) is 5.92 Å². The zero-order valence-corrected chi connectivity index (χ0v) is 11.8. The van der Waals surface area contributed by atoms with E-state index in [0.29, 0.717) is 18.8 Å². The van der Waals surface area contributed by atoms with Crippen molar-refractivity contribution in [1.29, 1.82) is 0 Å². The number of aliphatic carboxylic acids is 1. The minimum Gasteiger partial charge on any atom is -0.481 e. The number of nitrogens with zero attached hydrogens (tertiary/aromatic N) is 2. The number of hydrogen-bond donors (Lipinski definition) is 2. The van der Waals surface area contributed by atoms with E-state index in [2.05, 4.69) is 15.5 Å². The number of fused-ring (bicyclic) bond motifs is 1. The topological polar surface area (TPSA) is 75.1 Å². The van der Waals surface area contributed by atoms with Crippen molar-refractivity contribution in [2.75, 3.05) is 11.9 Å². The Morgan fingerprint density at radius 2 is 2.00 bits per heavy atom. The number of benzene rings is 1. The van der Waals surface area contributed by atoms with Gasteiger partial charge in [0.05, 0.1) is 11.6 Å². The Morgan fingerprint density at radius 1 is 1.30 bits per heavy atom. The number of carbonyl (C=O) groups is 1. The lowest BCUT2D eigenvalue weighted by molar-refractivity contribution is -0.141. The molecule has 5 heteroatoms. The van der Waals surface area contributed by atoms with Crippen molar-refractivity contribution in [3.05, 3.63) is 30.0 Å². The zero-order chi connectivity index (χ0) is 14.5. The third kappa shape index (κ3) is 3.04. The largest absolute Gasteiger partial charge is 0.481 e. The van der Waals surface area contributed by atoms with Crippen LogP contribution in [0.25, 0.3) is 10.8 Å². The average Bonchev–Trinajstić information content (AvgIpc) is 2.45. The van der Waals surface area contributed by atoms with Gasteiger partial charge < -0.3 is 10.4 Å². The molecule has 0 fully saturated rings. The summed E-state index contributed by atoms with van der Waals surface area (Å²) < 4.78 is 0. The molecule has 0 aliphatic carbocycles. The van der Waals surface area contributed by atoms with Gasteiger partial charge in [0.15, 0.2) is 5.82 Å². The van der Waals surface area contributed by atoms with E-state index in [1.54, 1.807) is 0 Å². The van der Waals surface area contributed by atoms with E-state index in [1.807, 2.05) is 38.1 Å². The van der Waals surface area contributed by atoms with Gasteiger partial charge in [-0.3, -0.25) is 4.79 Å². The molecule has 106 valence electrons. The van der Waals surface area contributed by atoms with Crippen LogP contribution in [0, 0.1) is 12.8 Å². The van der Waals surface area contributed by atoms with E-state index in [9.17, 15) is 4.79 Å². The fourth-order valence-electron chi connectivity index (χ4n) is 2.25. The molecule has 0 radical (unpaired) electrons. The molecule has 0 aliphatic rings. The molecule has 0 bridgehead atoms. The quantitative estimate of drug-likeness (QED) is 0.846. The van der Waals surface area contributed by atoms with Crippen molar-refractivity contribution >= 4 is 22.6 Å². The van der Waals surface area contributed by atoms with Gasteiger partial charge in [-0.15, -0.1) is 5.10 Å². The number of aromatic nitrogens is 2. The smallest absolute Gasteiger partial charge is 0.308 e. The summed E-state index contributed by atoms with van der Waals surface area (Å²) >= 11 is 0. The van der Waals surface area contributed by atoms with Gasteiger partial charge in [-0.05, 0) is 13.3 Å². The highest BCUT2D eigenvalue weighted by Gasteiger charge is 2.17. The maximum absolute atomic E-state index is 11.2. The van der Waals surface area contributed by atoms with Crippen molar-refractivity contribution in [1.82, 2.24) is 10.2 Å². The number of hydrogen-bond acceptors (Lipinski definition) is 4. The first kappa shape index (κ1) is 14.2. The third-order valence-corrected chi connectivity index (χ3v) is 3.37. The van der Waals surface area contributed by atoms with Crippen molar-refractivity contribution in [2.45, 2.75) is 26.7 Å². The molecule has 0 saturated heterocycles. The van der Waals surface area contributed by atoms with Crippen molar-refractivity contribution in [3.63, 3.8) is 0 Å². The molecule has 0 amide bonds. The summed E-state index contributed by atoms with van der Waals surface area (Å²) in [4.78, 5) is 11.2. The van der Waals surface area contributed by atoms with Crippen LogP contribution in [0.3, 0.4) is 0 Å². The Hall–Kier alpha value is -2.17. The first-order chi connectivity index (χ1) is 9.63. The fraction of sp³-hybridized carbons (Fsp3) is 0.400. The number of carboxylic acid groups (broad SMARTS) is 1. The van der Waals surface area contributed by atoms with E-state index in [1.165, 1.54) is 0 Å². The van der Waals surface area contributed by atoms with Crippen LogP contribution in [-0.4, -0.2) is 27.8 Å². The van der Waals surface area contributed by atoms with Gasteiger partial charge in [0.25, 0.3) is 0 Å². The maximum atomic E-state index is 11.2. The van der Waals surface area contributed by atoms with Gasteiger partial charge in [-0.2, -0.15) is 5.10 Å². The maximum Gasteiger partial charge on any atom is 0.308 e. The highest BCUT2D eigenvalue weighted by Crippen LogP contribution is 2.22. The standard InChI is InChI=1S/C15H19N3O2/c1-3-6-11(15(19)20)9-16-14-13-8-5-4-7-12(13)10(2)17-18-14/h4-5,7-8,11H,3,6,9H2,1-2H3,(H,16,18)(H,19,20). The molecule has 0 saturated carbocycles. The lowest BCUT2D eigenvalue weighted by Gasteiger charge is -2.14. The van der Waals surface area contributed by atoms with E-state index in [4.69, 9.17) is 5.11 Å². The summed E-state index contributed by atoms with van der Waals surface area (Å²) in [6.07, 6.45) is 1.50. The third-order valence-electron chi connectivity index (χ3n) is 3.37. The Morgan fingerprint density at radius 3 is 2.65 bits per heavy atom. The van der Waals surface area contributed by atoms with E-state index in [-0.39, 0.29) is 0 Å². The second-order valence-electron chi connectivity index (χ2n) is 4.88. The monoisotopic (exact) mass is 273 g/mol. The molecule has 2 aromatic rings. The summed E-state index contributed by atoms with van der Waals surface area (Å²) in [6, 6.07) is 7.85. The number of aryl methyl sites for hydroxylation is 1. The minimum atomic E-state index is -0.774. The van der Waals surface area contributed by atoms with Gasteiger partial charge in [0, 0.05) is 17.3 Å². The summed E-state index contributed by atoms with van der Waals surface area (Å²) in [6.45, 7) is 4.26. The van der Waals surface area contributed by atoms with Crippen LogP contribution < -0.4 is 5.32 Å². The van der Waals surface area contributed by atoms with Gasteiger partial charge in [-0.25, -0.2) is 0 Å². The molecule has 0 spiro atoms. The second kappa shape index (κ2) is 6.32. The van der Waals surface area contributed by atoms with Gasteiger partial charge >= 0.3 is 5.97 Å². The second-order valence-corrected chi connectivity index (χ2v) is 4.88. The predicted molar refractivity (Wildman–Crippen MR) is 78.8 cm³/mol. The molecule has 1 atom stereocenters. The van der Waals surface area contributed by atoms with Gasteiger partial charge in [0.1, 0.15) is 0 Å². The molecular weight excluding hydrogens is 254 g/mol. The molecule has 2 N–H and O–H groups in total. The highest BCUT2D eigenvalue weighted by atomic mass is 16.4. The van der Waals surface area contributed by atoms with Crippen LogP contribution in [0.5, 0.6) is 0 Å². The SMILES string of the molecule is CCCC(CNc1nnc(C)c2ccccc12)C(=O)O. The van der Waals surface area contributed by atoms with Gasteiger partial charge in [-0.1, -0.05) is 37.6 Å². The van der Waals surface area contributed by atoms with Crippen molar-refractivity contribution in [3.8, 4) is 0 Å². The highest BCUT2D eigenvalue weighted by molar-refractivity contribution is 5.92. The molecule has 1 aromatic heterocycles. The molecular formula is C15H19N3O2.